The van der Waals surface area contributed by atoms with E-state index < -0.39 is 45.6 Å². The number of hydroxylamine groups is 1. The van der Waals surface area contributed by atoms with Crippen molar-refractivity contribution in [1.29, 1.82) is 0 Å². The summed E-state index contributed by atoms with van der Waals surface area (Å²) in [4.78, 5) is 45.1. The van der Waals surface area contributed by atoms with E-state index in [1.807, 2.05) is 104 Å². The monoisotopic (exact) mass is 1850 g/mol. The normalized spacial score (nSPS) is 11.5. The Hall–Kier alpha value is -9.60. The zero-order valence-electron chi connectivity index (χ0n) is 77.7. The number of nitrogens with zero attached hydrogens (tertiary/aromatic N) is 4. The smallest absolute Gasteiger partial charge is 0.316 e. The number of rotatable bonds is 62. The maximum atomic E-state index is 13.0. The molecule has 35 heteroatoms. The standard InChI is InChI=1S/C33H53N3O13S.C32H51N3O5S.C18H23N3O3S.C10H16N2/c1-26(2)48-32-25-28(5-6-30(32)35-50(41)49-31-7-4-27(3)24-29(31)33(39)34-40)36(8-12-42-16-20-46-22-18-44-14-10-37)9-13-43-17-21-47-23-19-45-15-11-38;1-6-8-9-10-11-12-13-14-15-16-22-39-28-18-20-31(29(25-28)32(36)33-21-23-38-5)40-41(37)34-30-19-17-27(24-26(30)3)35(4)7-2;1-5-21(4)14-7-8-16(13(3)11-14)20-25(23)24-17-9-6-12(2)10-15(17)18(19)22;1-4-12(3)10-7-5-9(11-2)6-8-10/h4-7,24-26,35,37-38,40H,8-23H2,1-3H3,(H,34,39);17-20,24-25,34H,6-16,21-23H2,1-5H3,(H,33,36);6-11,20H,5H2,1-4H3,(H2,19,22);5-8,11H,4H2,1-3H3. The van der Waals surface area contributed by atoms with Crippen LogP contribution in [-0.2, 0) is 67.0 Å². The Labute approximate surface area is 766 Å². The predicted molar refractivity (Wildman–Crippen MR) is 514 cm³/mol. The highest BCUT2D eigenvalue weighted by Crippen LogP contribution is 2.34. The molecule has 0 saturated carbocycles. The van der Waals surface area contributed by atoms with Crippen LogP contribution < -0.4 is 77.6 Å². The van der Waals surface area contributed by atoms with Crippen LogP contribution in [-0.4, -0.2) is 232 Å². The molecule has 0 aromatic heterocycles. The van der Waals surface area contributed by atoms with Gasteiger partial charge in [-0.3, -0.25) is 33.8 Å². The van der Waals surface area contributed by atoms with Crippen LogP contribution in [0.3, 0.4) is 0 Å². The lowest BCUT2D eigenvalue weighted by Crippen LogP contribution is -2.31. The van der Waals surface area contributed by atoms with E-state index in [-0.39, 0.29) is 72.4 Å². The number of aliphatic hydroxyl groups is 2. The molecule has 0 bridgehead atoms. The van der Waals surface area contributed by atoms with Gasteiger partial charge in [0.05, 0.1) is 146 Å². The molecule has 0 radical (unpaired) electrons. The van der Waals surface area contributed by atoms with Gasteiger partial charge >= 0.3 is 33.8 Å². The Morgan fingerprint density at radius 3 is 1.28 bits per heavy atom. The van der Waals surface area contributed by atoms with E-state index in [0.717, 1.165) is 77.5 Å². The summed E-state index contributed by atoms with van der Waals surface area (Å²) in [6, 6.07) is 40.1. The van der Waals surface area contributed by atoms with E-state index in [0.29, 0.717) is 127 Å². The van der Waals surface area contributed by atoms with E-state index in [2.05, 4.69) is 103 Å². The van der Waals surface area contributed by atoms with Crippen molar-refractivity contribution in [2.45, 2.75) is 140 Å². The minimum atomic E-state index is -2.13. The second-order valence-corrected chi connectivity index (χ2v) is 32.3. The molecule has 7 aromatic carbocycles. The Morgan fingerprint density at radius 2 is 0.844 bits per heavy atom. The molecule has 32 nitrogen and oxygen atoms in total. The van der Waals surface area contributed by atoms with Crippen LogP contribution in [0.15, 0.2) is 133 Å². The van der Waals surface area contributed by atoms with Crippen molar-refractivity contribution in [1.82, 2.24) is 10.8 Å². The van der Waals surface area contributed by atoms with Crippen molar-refractivity contribution in [2.24, 2.45) is 5.73 Å². The summed E-state index contributed by atoms with van der Waals surface area (Å²) in [6.45, 7) is 29.4. The first-order valence-electron chi connectivity index (χ1n) is 43.7. The number of carbonyl (C=O) groups excluding carboxylic acids is 3. The van der Waals surface area contributed by atoms with Gasteiger partial charge in [0.2, 0.25) is 0 Å². The quantitative estimate of drug-likeness (QED) is 0.00961. The Morgan fingerprint density at radius 1 is 0.438 bits per heavy atom. The van der Waals surface area contributed by atoms with Gasteiger partial charge in [0.15, 0.2) is 17.2 Å². The molecular formula is C93H143N11O21S3. The molecule has 0 aliphatic carbocycles. The first kappa shape index (κ1) is 111. The minimum absolute atomic E-state index is 0.0166. The van der Waals surface area contributed by atoms with Crippen molar-refractivity contribution in [2.75, 3.05) is 219 Å². The summed E-state index contributed by atoms with van der Waals surface area (Å²) in [5.41, 5.74) is 18.1. The first-order chi connectivity index (χ1) is 61.8. The zero-order valence-corrected chi connectivity index (χ0v) is 80.1. The van der Waals surface area contributed by atoms with Gasteiger partial charge in [-0.25, -0.2) is 5.48 Å². The Kier molecular flexibility index (Phi) is 57.0. The number of amides is 3. The van der Waals surface area contributed by atoms with E-state index in [1.54, 1.807) is 68.0 Å². The summed E-state index contributed by atoms with van der Waals surface area (Å²) in [5, 5.41) is 32.5. The van der Waals surface area contributed by atoms with Gasteiger partial charge in [-0.05, 0) is 195 Å². The molecule has 0 saturated heterocycles. The fraction of sp³-hybridized carbons (Fsp3) is 0.516. The third-order valence-corrected chi connectivity index (χ3v) is 21.6. The Bertz CT molecular complexity index is 4350. The predicted octanol–water partition coefficient (Wildman–Crippen LogP) is 14.2. The van der Waals surface area contributed by atoms with Crippen molar-refractivity contribution in [3.05, 3.63) is 172 Å². The van der Waals surface area contributed by atoms with Crippen LogP contribution in [0.25, 0.3) is 0 Å². The van der Waals surface area contributed by atoms with Gasteiger partial charge in [-0.1, -0.05) is 88.0 Å². The molecule has 11 N–H and O–H groups in total. The lowest BCUT2D eigenvalue weighted by Gasteiger charge is -2.26. The molecular weight excluding hydrogens is 1700 g/mol. The molecule has 3 atom stereocenters. The number of aliphatic hydroxyl groups excluding tert-OH is 2. The molecule has 128 heavy (non-hydrogen) atoms. The summed E-state index contributed by atoms with van der Waals surface area (Å²) < 4.78 is 113. The average molecular weight is 1850 g/mol. The van der Waals surface area contributed by atoms with Crippen molar-refractivity contribution >= 4 is 97.0 Å². The molecule has 714 valence electrons. The highest BCUT2D eigenvalue weighted by atomic mass is 32.2. The number of anilines is 8. The number of methoxy groups -OCH3 is 1. The molecule has 0 aliphatic heterocycles. The maximum Gasteiger partial charge on any atom is 0.316 e. The third kappa shape index (κ3) is 44.6. The van der Waals surface area contributed by atoms with Gasteiger partial charge < -0.3 is 101 Å². The van der Waals surface area contributed by atoms with Crippen molar-refractivity contribution in [3.63, 3.8) is 0 Å². The fourth-order valence-electron chi connectivity index (χ4n) is 11.9. The number of unbranched alkanes of at least 4 members (excludes halogenated alkanes) is 9. The van der Waals surface area contributed by atoms with E-state index in [4.69, 9.17) is 76.3 Å². The maximum absolute atomic E-state index is 13.0. The highest BCUT2D eigenvalue weighted by molar-refractivity contribution is 7.82. The number of aryl methyl sites for hydroxylation is 4. The second kappa shape index (κ2) is 65.9. The van der Waals surface area contributed by atoms with Gasteiger partial charge in [-0.2, -0.15) is 12.6 Å². The topological polar surface area (TPSA) is 385 Å². The number of hydrogen-bond donors (Lipinski definition) is 10. The number of nitrogens with one attached hydrogen (secondary N) is 6. The minimum Gasteiger partial charge on any atom is -0.494 e. The second-order valence-electron chi connectivity index (χ2n) is 29.8. The van der Waals surface area contributed by atoms with E-state index >= 15 is 0 Å². The number of carbonyl (C=O) groups is 3. The molecule has 3 unspecified atom stereocenters. The van der Waals surface area contributed by atoms with Gasteiger partial charge in [-0.15, -0.1) is 0 Å². The van der Waals surface area contributed by atoms with Crippen LogP contribution in [0, 0.1) is 27.7 Å². The number of hydrogen-bond acceptors (Lipinski definition) is 26. The fourth-order valence-corrected chi connectivity index (χ4v) is 14.2. The van der Waals surface area contributed by atoms with Crippen molar-refractivity contribution < 1.29 is 97.6 Å². The summed E-state index contributed by atoms with van der Waals surface area (Å²) >= 11 is -5.90. The first-order valence-corrected chi connectivity index (χ1v) is 47.0. The number of ether oxygens (including phenoxy) is 9. The van der Waals surface area contributed by atoms with Crippen LogP contribution in [0.1, 0.15) is 159 Å². The highest BCUT2D eigenvalue weighted by Gasteiger charge is 2.22. The van der Waals surface area contributed by atoms with Crippen LogP contribution in [0.2, 0.25) is 0 Å². The Balaban J connectivity index is 0.000000391. The summed E-state index contributed by atoms with van der Waals surface area (Å²) in [6.07, 6.45) is 12.4. The van der Waals surface area contributed by atoms with E-state index in [9.17, 15) is 27.0 Å². The molecule has 0 heterocycles. The average Bonchev–Trinajstić information content (AvgIpc) is 0.829. The van der Waals surface area contributed by atoms with Crippen molar-refractivity contribution in [3.8, 4) is 28.7 Å². The molecule has 0 aliphatic rings. The largest absolute Gasteiger partial charge is 0.494 e. The molecule has 7 rings (SSSR count). The van der Waals surface area contributed by atoms with E-state index in [1.165, 1.54) is 69.2 Å². The van der Waals surface area contributed by atoms with Crippen LogP contribution in [0.4, 0.5) is 45.5 Å². The molecule has 7 aromatic rings. The van der Waals surface area contributed by atoms with Gasteiger partial charge in [0, 0.05) is 109 Å². The number of nitrogens with two attached hydrogens (primary N) is 1. The lowest BCUT2D eigenvalue weighted by molar-refractivity contribution is 0.00694. The summed E-state index contributed by atoms with van der Waals surface area (Å²) in [5.74, 6) is -0.360. The van der Waals surface area contributed by atoms with Crippen LogP contribution >= 0.6 is 0 Å². The molecule has 0 fully saturated rings. The number of benzene rings is 7. The SMILES string of the molecule is CCCCCCCCCCCCOc1ccc(OS(=O)Nc2ccc(N(C)CC)cc2C)c(C(=O)NCCOC)c1.CCN(C)c1ccc(NC)cc1.CCN(C)c1ccc(NS(=O)Oc2ccc(C)cc2C(N)=O)c(C)c1.Cc1ccc(OS(=O)Nc2ccc(N(CCOCCOCCOCCO)CCOCCOCCOCCO)cc2OC(C)C)c(C(=O)NO)c1. The van der Waals surface area contributed by atoms with Gasteiger partial charge in [0.25, 0.3) is 17.7 Å². The van der Waals surface area contributed by atoms with Crippen LogP contribution in [0.5, 0.6) is 28.7 Å². The molecule has 3 amide bonds. The zero-order chi connectivity index (χ0) is 93.8. The number of primary amides is 1. The lowest BCUT2D eigenvalue weighted by atomic mass is 10.1. The third-order valence-electron chi connectivity index (χ3n) is 19.5. The molecule has 0 spiro atoms. The van der Waals surface area contributed by atoms with Gasteiger partial charge in [0.1, 0.15) is 11.5 Å². The summed E-state index contributed by atoms with van der Waals surface area (Å²) in [7, 11) is 9.62.